The Balaban J connectivity index is 1.94. The second-order valence-electron chi connectivity index (χ2n) is 5.07. The highest BCUT2D eigenvalue weighted by Gasteiger charge is 2.19. The zero-order valence-electron chi connectivity index (χ0n) is 12.5. The Hall–Kier alpha value is -2.29. The lowest BCUT2D eigenvalue weighted by Crippen LogP contribution is -2.48. The smallest absolute Gasteiger partial charge is 0.246 e. The first kappa shape index (κ1) is 17.1. The van der Waals surface area contributed by atoms with Crippen molar-refractivity contribution in [2.24, 2.45) is 10.7 Å². The largest absolute Gasteiger partial charge is 0.375 e. The first-order chi connectivity index (χ1) is 10.9. The maximum atomic E-state index is 13.4. The fourth-order valence-electron chi connectivity index (χ4n) is 2.09. The Morgan fingerprint density at radius 2 is 2.17 bits per heavy atom. The molecular formula is C14H17F3N4O2. The molecule has 0 aliphatic carbocycles. The Morgan fingerprint density at radius 3 is 2.87 bits per heavy atom. The molecule has 2 rings (SSSR count). The molecule has 0 spiro atoms. The lowest BCUT2D eigenvalue weighted by Gasteiger charge is -2.31. The summed E-state index contributed by atoms with van der Waals surface area (Å²) in [6.45, 7) is 3.13. The van der Waals surface area contributed by atoms with E-state index >= 15 is 0 Å². The molecule has 1 aromatic rings. The van der Waals surface area contributed by atoms with E-state index in [2.05, 4.69) is 10.3 Å². The van der Waals surface area contributed by atoms with E-state index in [9.17, 15) is 18.0 Å². The molecule has 1 amide bonds. The predicted molar refractivity (Wildman–Crippen MR) is 78.4 cm³/mol. The molecular weight excluding hydrogens is 313 g/mol. The Labute approximate surface area is 131 Å². The number of hydrogen-bond donors (Lipinski definition) is 2. The summed E-state index contributed by atoms with van der Waals surface area (Å²) in [5.41, 5.74) is 5.33. The van der Waals surface area contributed by atoms with Crippen molar-refractivity contribution in [3.05, 3.63) is 29.6 Å². The van der Waals surface area contributed by atoms with Crippen LogP contribution in [0.4, 0.5) is 18.9 Å². The zero-order valence-corrected chi connectivity index (χ0v) is 12.5. The SMILES string of the molecule is CC1CN(C(N)=NCC(=O)Nc2ccc(F)c(F)c2F)CCO1. The minimum Gasteiger partial charge on any atom is -0.375 e. The van der Waals surface area contributed by atoms with Crippen LogP contribution in [-0.4, -0.2) is 49.1 Å². The average Bonchev–Trinajstić information content (AvgIpc) is 2.53. The maximum Gasteiger partial charge on any atom is 0.246 e. The molecule has 1 aliphatic rings. The topological polar surface area (TPSA) is 80.0 Å². The van der Waals surface area contributed by atoms with E-state index in [1.165, 1.54) is 0 Å². The Bertz CT molecular complexity index is 624. The van der Waals surface area contributed by atoms with Gasteiger partial charge in [0.1, 0.15) is 6.54 Å². The number of anilines is 1. The number of guanidine groups is 1. The molecule has 23 heavy (non-hydrogen) atoms. The standard InChI is InChI=1S/C14H17F3N4O2/c1-8-7-21(4-5-23-8)14(18)19-6-11(22)20-10-3-2-9(15)12(16)13(10)17/h2-3,8H,4-7H2,1H3,(H2,18,19)(H,20,22). The molecule has 1 atom stereocenters. The summed E-state index contributed by atoms with van der Waals surface area (Å²) >= 11 is 0. The second kappa shape index (κ2) is 7.32. The third kappa shape index (κ3) is 4.35. The van der Waals surface area contributed by atoms with Crippen molar-refractivity contribution in [3.8, 4) is 0 Å². The number of nitrogens with two attached hydrogens (primary N) is 1. The molecule has 1 saturated heterocycles. The third-order valence-corrected chi connectivity index (χ3v) is 3.26. The van der Waals surface area contributed by atoms with Crippen LogP contribution < -0.4 is 11.1 Å². The van der Waals surface area contributed by atoms with Gasteiger partial charge >= 0.3 is 0 Å². The van der Waals surface area contributed by atoms with Gasteiger partial charge < -0.3 is 20.7 Å². The average molecular weight is 330 g/mol. The molecule has 1 unspecified atom stereocenters. The van der Waals surface area contributed by atoms with Crippen LogP contribution in [0.15, 0.2) is 17.1 Å². The van der Waals surface area contributed by atoms with Gasteiger partial charge in [-0.2, -0.15) is 0 Å². The van der Waals surface area contributed by atoms with Crippen LogP contribution in [-0.2, 0) is 9.53 Å². The number of nitrogens with one attached hydrogen (secondary N) is 1. The number of carbonyl (C=O) groups is 1. The van der Waals surface area contributed by atoms with Gasteiger partial charge in [0, 0.05) is 13.1 Å². The van der Waals surface area contributed by atoms with Crippen molar-refractivity contribution in [2.75, 3.05) is 31.6 Å². The van der Waals surface area contributed by atoms with Crippen LogP contribution in [0.25, 0.3) is 0 Å². The number of ether oxygens (including phenoxy) is 1. The van der Waals surface area contributed by atoms with Gasteiger partial charge in [-0.25, -0.2) is 18.2 Å². The fourth-order valence-corrected chi connectivity index (χ4v) is 2.09. The Morgan fingerprint density at radius 1 is 1.43 bits per heavy atom. The molecule has 1 fully saturated rings. The van der Waals surface area contributed by atoms with E-state index in [-0.39, 0.29) is 18.6 Å². The number of aliphatic imine (C=N–C) groups is 1. The summed E-state index contributed by atoms with van der Waals surface area (Å²) in [4.78, 5) is 17.4. The van der Waals surface area contributed by atoms with Crippen LogP contribution in [0.1, 0.15) is 6.92 Å². The van der Waals surface area contributed by atoms with Crippen molar-refractivity contribution in [1.29, 1.82) is 0 Å². The molecule has 0 saturated carbocycles. The Kier molecular flexibility index (Phi) is 5.43. The lowest BCUT2D eigenvalue weighted by atomic mass is 10.2. The molecule has 0 aromatic heterocycles. The van der Waals surface area contributed by atoms with E-state index < -0.39 is 29.0 Å². The van der Waals surface area contributed by atoms with Crippen molar-refractivity contribution >= 4 is 17.6 Å². The number of benzene rings is 1. The first-order valence-electron chi connectivity index (χ1n) is 6.98. The van der Waals surface area contributed by atoms with Crippen LogP contribution in [0.3, 0.4) is 0 Å². The maximum absolute atomic E-state index is 13.4. The number of morpholine rings is 1. The summed E-state index contributed by atoms with van der Waals surface area (Å²) in [5.74, 6) is -4.96. The van der Waals surface area contributed by atoms with E-state index in [4.69, 9.17) is 10.5 Å². The fraction of sp³-hybridized carbons (Fsp3) is 0.429. The number of hydrogen-bond acceptors (Lipinski definition) is 3. The molecule has 1 aliphatic heterocycles. The summed E-state index contributed by atoms with van der Waals surface area (Å²) in [7, 11) is 0. The molecule has 3 N–H and O–H groups in total. The summed E-state index contributed by atoms with van der Waals surface area (Å²) in [6.07, 6.45) is 0.00242. The highest BCUT2D eigenvalue weighted by molar-refractivity contribution is 5.94. The van der Waals surface area contributed by atoms with E-state index in [0.717, 1.165) is 12.1 Å². The molecule has 126 valence electrons. The van der Waals surface area contributed by atoms with Crippen LogP contribution in [0.2, 0.25) is 0 Å². The quantitative estimate of drug-likeness (QED) is 0.494. The minimum absolute atomic E-state index is 0.00242. The number of rotatable bonds is 3. The van der Waals surface area contributed by atoms with Gasteiger partial charge in [-0.1, -0.05) is 0 Å². The van der Waals surface area contributed by atoms with Crippen LogP contribution in [0.5, 0.6) is 0 Å². The van der Waals surface area contributed by atoms with Crippen molar-refractivity contribution in [3.63, 3.8) is 0 Å². The summed E-state index contributed by atoms with van der Waals surface area (Å²) < 4.78 is 44.7. The lowest BCUT2D eigenvalue weighted by molar-refractivity contribution is -0.114. The zero-order chi connectivity index (χ0) is 17.0. The van der Waals surface area contributed by atoms with E-state index in [1.807, 2.05) is 6.92 Å². The second-order valence-corrected chi connectivity index (χ2v) is 5.07. The number of amides is 1. The number of halogens is 3. The normalized spacial score (nSPS) is 18.9. The minimum atomic E-state index is -1.65. The van der Waals surface area contributed by atoms with Crippen molar-refractivity contribution in [2.45, 2.75) is 13.0 Å². The monoisotopic (exact) mass is 330 g/mol. The molecule has 6 nitrogen and oxygen atoms in total. The number of carbonyl (C=O) groups excluding carboxylic acids is 1. The predicted octanol–water partition coefficient (Wildman–Crippen LogP) is 1.08. The summed E-state index contributed by atoms with van der Waals surface area (Å²) in [5, 5.41) is 2.12. The summed E-state index contributed by atoms with van der Waals surface area (Å²) in [6, 6.07) is 1.66. The highest BCUT2D eigenvalue weighted by Crippen LogP contribution is 2.19. The van der Waals surface area contributed by atoms with Gasteiger partial charge in [0.25, 0.3) is 0 Å². The van der Waals surface area contributed by atoms with Crippen molar-refractivity contribution < 1.29 is 22.7 Å². The first-order valence-corrected chi connectivity index (χ1v) is 6.98. The van der Waals surface area contributed by atoms with Gasteiger partial charge in [-0.05, 0) is 19.1 Å². The van der Waals surface area contributed by atoms with E-state index in [1.54, 1.807) is 4.90 Å². The van der Waals surface area contributed by atoms with Gasteiger partial charge in [0.15, 0.2) is 23.4 Å². The molecule has 1 heterocycles. The van der Waals surface area contributed by atoms with Crippen LogP contribution in [0, 0.1) is 17.5 Å². The molecule has 1 aromatic carbocycles. The molecule has 0 bridgehead atoms. The van der Waals surface area contributed by atoms with Gasteiger partial charge in [0.05, 0.1) is 18.4 Å². The van der Waals surface area contributed by atoms with E-state index in [0.29, 0.717) is 19.7 Å². The van der Waals surface area contributed by atoms with Crippen molar-refractivity contribution in [1.82, 2.24) is 4.90 Å². The number of nitrogens with zero attached hydrogens (tertiary/aromatic N) is 2. The third-order valence-electron chi connectivity index (χ3n) is 3.26. The molecule has 0 radical (unpaired) electrons. The highest BCUT2D eigenvalue weighted by atomic mass is 19.2. The van der Waals surface area contributed by atoms with Gasteiger partial charge in [0.2, 0.25) is 5.91 Å². The van der Waals surface area contributed by atoms with Gasteiger partial charge in [-0.3, -0.25) is 4.79 Å². The van der Waals surface area contributed by atoms with Gasteiger partial charge in [-0.15, -0.1) is 0 Å². The van der Waals surface area contributed by atoms with Crippen LogP contribution >= 0.6 is 0 Å². The molecule has 9 heteroatoms.